The number of para-hydroxylation sites is 1. The Labute approximate surface area is 138 Å². The summed E-state index contributed by atoms with van der Waals surface area (Å²) in [5, 5.41) is -0.760. The number of carbonyl (C=O) groups excluding carboxylic acids is 2. The normalized spacial score (nSPS) is 11.3. The van der Waals surface area contributed by atoms with Crippen molar-refractivity contribution >= 4 is 38.3 Å². The third kappa shape index (κ3) is 4.77. The van der Waals surface area contributed by atoms with Gasteiger partial charge in [0.05, 0.1) is 4.90 Å². The third-order valence-electron chi connectivity index (χ3n) is 2.84. The molecule has 0 heterocycles. The van der Waals surface area contributed by atoms with Crippen molar-refractivity contribution in [2.75, 3.05) is 4.72 Å². The molecule has 1 N–H and O–H groups in total. The van der Waals surface area contributed by atoms with E-state index in [-0.39, 0.29) is 10.5 Å². The Bertz CT molecular complexity index is 843. The van der Waals surface area contributed by atoms with Crippen LogP contribution in [0.3, 0.4) is 0 Å². The Morgan fingerprint density at radius 3 is 2.09 bits per heavy atom. The molecule has 5 nitrogen and oxygen atoms in total. The second-order valence-electron chi connectivity index (χ2n) is 4.50. The summed E-state index contributed by atoms with van der Waals surface area (Å²) in [6.07, 6.45) is 1.96. The zero-order valence-corrected chi connectivity index (χ0v) is 13.3. The molecule has 0 spiro atoms. The molecule has 23 heavy (non-hydrogen) atoms. The van der Waals surface area contributed by atoms with Gasteiger partial charge in [0.2, 0.25) is 5.24 Å². The summed E-state index contributed by atoms with van der Waals surface area (Å²) < 4.78 is 26.9. The molecule has 0 saturated heterocycles. The van der Waals surface area contributed by atoms with Gasteiger partial charge < -0.3 is 0 Å². The lowest BCUT2D eigenvalue weighted by Crippen LogP contribution is -2.13. The van der Waals surface area contributed by atoms with Crippen LogP contribution < -0.4 is 4.72 Å². The van der Waals surface area contributed by atoms with E-state index < -0.39 is 21.0 Å². The summed E-state index contributed by atoms with van der Waals surface area (Å²) >= 11 is 5.11. The molecule has 0 atom stereocenters. The maximum absolute atomic E-state index is 12.2. The molecule has 0 radical (unpaired) electrons. The fourth-order valence-corrected chi connectivity index (χ4v) is 2.88. The van der Waals surface area contributed by atoms with Crippen LogP contribution in [0.1, 0.15) is 10.4 Å². The van der Waals surface area contributed by atoms with Crippen LogP contribution in [0, 0.1) is 0 Å². The zero-order chi connectivity index (χ0) is 16.9. The number of ketones is 1. The topological polar surface area (TPSA) is 80.3 Å². The monoisotopic (exact) mass is 349 g/mol. The van der Waals surface area contributed by atoms with Crippen LogP contribution in [-0.2, 0) is 14.8 Å². The van der Waals surface area contributed by atoms with E-state index in [1.54, 1.807) is 30.3 Å². The Kier molecular flexibility index (Phi) is 5.31. The van der Waals surface area contributed by atoms with E-state index >= 15 is 0 Å². The highest BCUT2D eigenvalue weighted by Gasteiger charge is 2.14. The fourth-order valence-electron chi connectivity index (χ4n) is 1.76. The molecule has 2 rings (SSSR count). The van der Waals surface area contributed by atoms with Crippen LogP contribution >= 0.6 is 11.6 Å². The number of sulfonamides is 1. The van der Waals surface area contributed by atoms with Crippen molar-refractivity contribution < 1.29 is 18.0 Å². The standard InChI is InChI=1S/C16H12ClNO4S/c17-16(20)11-10-15(19)12-6-8-14(9-7-12)23(21,22)18-13-4-2-1-3-5-13/h1-11,18H/b11-10+. The lowest BCUT2D eigenvalue weighted by molar-refractivity contribution is -0.107. The average molecular weight is 350 g/mol. The first-order chi connectivity index (χ1) is 10.9. The SMILES string of the molecule is O=C(Cl)/C=C/C(=O)c1ccc(S(=O)(=O)Nc2ccccc2)cc1. The molecule has 0 unspecified atom stereocenters. The predicted molar refractivity (Wildman–Crippen MR) is 88.0 cm³/mol. The van der Waals surface area contributed by atoms with E-state index in [1.807, 2.05) is 0 Å². The number of rotatable bonds is 6. The average Bonchev–Trinajstić information content (AvgIpc) is 2.53. The molecule has 0 aromatic heterocycles. The molecule has 0 aliphatic carbocycles. The van der Waals surface area contributed by atoms with Crippen molar-refractivity contribution in [2.45, 2.75) is 4.90 Å². The van der Waals surface area contributed by atoms with Crippen molar-refractivity contribution in [1.82, 2.24) is 0 Å². The quantitative estimate of drug-likeness (QED) is 0.494. The van der Waals surface area contributed by atoms with Crippen molar-refractivity contribution in [3.05, 3.63) is 72.3 Å². The van der Waals surface area contributed by atoms with E-state index in [0.29, 0.717) is 5.69 Å². The van der Waals surface area contributed by atoms with E-state index in [2.05, 4.69) is 4.72 Å². The molecule has 0 aliphatic heterocycles. The van der Waals surface area contributed by atoms with Crippen LogP contribution in [0.25, 0.3) is 0 Å². The van der Waals surface area contributed by atoms with Gasteiger partial charge in [-0.05, 0) is 54.1 Å². The van der Waals surface area contributed by atoms with Crippen LogP contribution in [0.15, 0.2) is 71.6 Å². The molecule has 0 saturated carbocycles. The second-order valence-corrected chi connectivity index (χ2v) is 6.55. The minimum absolute atomic E-state index is 0.0234. The number of carbonyl (C=O) groups is 2. The Balaban J connectivity index is 2.18. The van der Waals surface area contributed by atoms with Gasteiger partial charge in [-0.15, -0.1) is 0 Å². The van der Waals surface area contributed by atoms with E-state index in [0.717, 1.165) is 12.2 Å². The first-order valence-electron chi connectivity index (χ1n) is 6.48. The van der Waals surface area contributed by atoms with Gasteiger partial charge in [0.1, 0.15) is 0 Å². The second kappa shape index (κ2) is 7.21. The Morgan fingerprint density at radius 1 is 0.913 bits per heavy atom. The smallest absolute Gasteiger partial charge is 0.261 e. The number of halogens is 1. The highest BCUT2D eigenvalue weighted by atomic mass is 35.5. The minimum Gasteiger partial charge on any atom is -0.289 e. The van der Waals surface area contributed by atoms with Gasteiger partial charge in [-0.1, -0.05) is 18.2 Å². The highest BCUT2D eigenvalue weighted by Crippen LogP contribution is 2.16. The van der Waals surface area contributed by atoms with Crippen LogP contribution in [0.2, 0.25) is 0 Å². The molecule has 118 valence electrons. The molecular weight excluding hydrogens is 338 g/mol. The van der Waals surface area contributed by atoms with Crippen molar-refractivity contribution in [3.8, 4) is 0 Å². The van der Waals surface area contributed by atoms with Crippen molar-refractivity contribution in [1.29, 1.82) is 0 Å². The Hall–Kier alpha value is -2.44. The maximum atomic E-state index is 12.2. The molecular formula is C16H12ClNO4S. The predicted octanol–water partition coefficient (Wildman–Crippen LogP) is 2.99. The minimum atomic E-state index is -3.74. The van der Waals surface area contributed by atoms with E-state index in [9.17, 15) is 18.0 Å². The number of anilines is 1. The zero-order valence-electron chi connectivity index (χ0n) is 11.8. The van der Waals surface area contributed by atoms with Crippen molar-refractivity contribution in [3.63, 3.8) is 0 Å². The molecule has 2 aromatic carbocycles. The number of hydrogen-bond donors (Lipinski definition) is 1. The highest BCUT2D eigenvalue weighted by molar-refractivity contribution is 7.92. The summed E-state index contributed by atoms with van der Waals surface area (Å²) in [6, 6.07) is 13.8. The van der Waals surface area contributed by atoms with Crippen molar-refractivity contribution in [2.24, 2.45) is 0 Å². The van der Waals surface area contributed by atoms with Gasteiger partial charge in [-0.2, -0.15) is 0 Å². The molecule has 0 bridgehead atoms. The molecule has 0 aliphatic rings. The van der Waals surface area contributed by atoms with E-state index in [1.165, 1.54) is 24.3 Å². The summed E-state index contributed by atoms with van der Waals surface area (Å²) in [6.45, 7) is 0. The number of nitrogens with one attached hydrogen (secondary N) is 1. The largest absolute Gasteiger partial charge is 0.289 e. The molecule has 2 aromatic rings. The summed E-state index contributed by atoms with van der Waals surface area (Å²) in [5.74, 6) is -0.445. The van der Waals surface area contributed by atoms with Gasteiger partial charge >= 0.3 is 0 Å². The van der Waals surface area contributed by atoms with E-state index in [4.69, 9.17) is 11.6 Å². The van der Waals surface area contributed by atoms with Gasteiger partial charge in [-0.3, -0.25) is 14.3 Å². The van der Waals surface area contributed by atoms with Crippen LogP contribution in [-0.4, -0.2) is 19.4 Å². The summed E-state index contributed by atoms with van der Waals surface area (Å²) in [5.41, 5.74) is 0.689. The van der Waals surface area contributed by atoms with Gasteiger partial charge in [-0.25, -0.2) is 8.42 Å². The van der Waals surface area contributed by atoms with Gasteiger partial charge in [0.15, 0.2) is 5.78 Å². The van der Waals surface area contributed by atoms with Crippen LogP contribution in [0.4, 0.5) is 5.69 Å². The van der Waals surface area contributed by atoms with Gasteiger partial charge in [0.25, 0.3) is 10.0 Å². The number of benzene rings is 2. The molecule has 7 heteroatoms. The lowest BCUT2D eigenvalue weighted by atomic mass is 10.1. The molecule has 0 amide bonds. The fraction of sp³-hybridized carbons (Fsp3) is 0. The Morgan fingerprint density at radius 2 is 1.52 bits per heavy atom. The summed E-state index contributed by atoms with van der Waals surface area (Å²) in [7, 11) is -3.74. The first-order valence-corrected chi connectivity index (χ1v) is 8.34. The first kappa shape index (κ1) is 16.9. The number of allylic oxidation sites excluding steroid dienone is 2. The van der Waals surface area contributed by atoms with Crippen LogP contribution in [0.5, 0.6) is 0 Å². The lowest BCUT2D eigenvalue weighted by Gasteiger charge is -2.08. The van der Waals surface area contributed by atoms with Gasteiger partial charge in [0, 0.05) is 17.3 Å². The maximum Gasteiger partial charge on any atom is 0.261 e. The summed E-state index contributed by atoms with van der Waals surface area (Å²) in [4.78, 5) is 22.3. The number of hydrogen-bond acceptors (Lipinski definition) is 4. The molecule has 0 fully saturated rings. The third-order valence-corrected chi connectivity index (χ3v) is 4.36.